The minimum absolute atomic E-state index is 0.575. The van der Waals surface area contributed by atoms with Crippen molar-refractivity contribution in [2.24, 2.45) is 0 Å². The number of nitrogens with one attached hydrogen (secondary N) is 1. The summed E-state index contributed by atoms with van der Waals surface area (Å²) in [5.74, 6) is 2.22. The van der Waals surface area contributed by atoms with Crippen LogP contribution in [0.2, 0.25) is 0 Å². The molecule has 1 heterocycles. The van der Waals surface area contributed by atoms with Gasteiger partial charge in [0, 0.05) is 6.07 Å². The van der Waals surface area contributed by atoms with Crippen molar-refractivity contribution >= 4 is 0 Å². The summed E-state index contributed by atoms with van der Waals surface area (Å²) in [6.45, 7) is 8.55. The van der Waals surface area contributed by atoms with Gasteiger partial charge < -0.3 is 14.8 Å². The van der Waals surface area contributed by atoms with Crippen LogP contribution < -0.4 is 14.8 Å². The molecule has 7 heteroatoms. The van der Waals surface area contributed by atoms with Gasteiger partial charge in [0.25, 0.3) is 0 Å². The lowest BCUT2D eigenvalue weighted by atomic mass is 10.2. The summed E-state index contributed by atoms with van der Waals surface area (Å²) >= 11 is 0. The molecule has 1 aromatic heterocycles. The number of ether oxygens (including phenoxy) is 2. The van der Waals surface area contributed by atoms with E-state index in [0.717, 1.165) is 29.6 Å². The molecule has 0 amide bonds. The molecule has 0 fully saturated rings. The second-order valence-corrected chi connectivity index (χ2v) is 4.28. The first-order valence-corrected chi connectivity index (χ1v) is 7.18. The average molecular weight is 291 g/mol. The fraction of sp³-hybridized carbons (Fsp3) is 0.500. The van der Waals surface area contributed by atoms with E-state index in [2.05, 4.69) is 20.8 Å². The Morgan fingerprint density at radius 3 is 2.67 bits per heavy atom. The predicted molar refractivity (Wildman–Crippen MR) is 78.9 cm³/mol. The molecule has 0 saturated heterocycles. The van der Waals surface area contributed by atoms with Crippen molar-refractivity contribution in [2.45, 2.75) is 27.3 Å². The van der Waals surface area contributed by atoms with Crippen molar-refractivity contribution in [3.05, 3.63) is 24.0 Å². The molecule has 0 aliphatic heterocycles. The van der Waals surface area contributed by atoms with Crippen LogP contribution in [0.4, 0.5) is 0 Å². The van der Waals surface area contributed by atoms with E-state index < -0.39 is 0 Å². The second kappa shape index (κ2) is 7.58. The van der Waals surface area contributed by atoms with Crippen molar-refractivity contribution in [3.63, 3.8) is 0 Å². The van der Waals surface area contributed by atoms with Gasteiger partial charge in [-0.05, 0) is 43.0 Å². The first-order valence-electron chi connectivity index (χ1n) is 7.18. The van der Waals surface area contributed by atoms with Gasteiger partial charge in [-0.25, -0.2) is 0 Å². The molecule has 0 atom stereocenters. The normalized spacial score (nSPS) is 10.6. The SMILES string of the molecule is CCNCc1nnnn1-c1cc(OCC)ccc1OCC. The van der Waals surface area contributed by atoms with Crippen molar-refractivity contribution in [2.75, 3.05) is 19.8 Å². The standard InChI is InChI=1S/C14H21N5O2/c1-4-15-10-14-16-17-18-19(14)12-9-11(20-5-2)7-8-13(12)21-6-3/h7-9,15H,4-6,10H2,1-3H3. The van der Waals surface area contributed by atoms with Gasteiger partial charge in [0.05, 0.1) is 19.8 Å². The van der Waals surface area contributed by atoms with Crippen LogP contribution in [0.15, 0.2) is 18.2 Å². The van der Waals surface area contributed by atoms with Gasteiger partial charge in [-0.15, -0.1) is 5.10 Å². The molecule has 0 unspecified atom stereocenters. The van der Waals surface area contributed by atoms with Crippen molar-refractivity contribution in [1.82, 2.24) is 25.5 Å². The monoisotopic (exact) mass is 291 g/mol. The van der Waals surface area contributed by atoms with E-state index in [1.165, 1.54) is 0 Å². The number of benzene rings is 1. The summed E-state index contributed by atoms with van der Waals surface area (Å²) in [6.07, 6.45) is 0. The molecule has 0 aliphatic rings. The molecule has 7 nitrogen and oxygen atoms in total. The molecule has 2 aromatic rings. The molecular weight excluding hydrogens is 270 g/mol. The summed E-state index contributed by atoms with van der Waals surface area (Å²) < 4.78 is 12.9. The Morgan fingerprint density at radius 1 is 1.14 bits per heavy atom. The van der Waals surface area contributed by atoms with E-state index in [1.807, 2.05) is 39.0 Å². The number of hydrogen-bond acceptors (Lipinski definition) is 6. The van der Waals surface area contributed by atoms with Gasteiger partial charge in [0.1, 0.15) is 17.2 Å². The van der Waals surface area contributed by atoms with Gasteiger partial charge in [-0.3, -0.25) is 0 Å². The number of aromatic nitrogens is 4. The van der Waals surface area contributed by atoms with Crippen molar-refractivity contribution < 1.29 is 9.47 Å². The fourth-order valence-corrected chi connectivity index (χ4v) is 1.94. The molecule has 21 heavy (non-hydrogen) atoms. The Hall–Kier alpha value is -2.15. The summed E-state index contributed by atoms with van der Waals surface area (Å²) in [5.41, 5.74) is 0.778. The third kappa shape index (κ3) is 3.69. The first-order chi connectivity index (χ1) is 10.3. The number of hydrogen-bond donors (Lipinski definition) is 1. The lowest BCUT2D eigenvalue weighted by Crippen LogP contribution is -2.16. The van der Waals surface area contributed by atoms with E-state index >= 15 is 0 Å². The Labute approximate surface area is 124 Å². The third-order valence-corrected chi connectivity index (χ3v) is 2.84. The maximum absolute atomic E-state index is 5.66. The maximum Gasteiger partial charge on any atom is 0.170 e. The second-order valence-electron chi connectivity index (χ2n) is 4.28. The highest BCUT2D eigenvalue weighted by molar-refractivity contribution is 5.51. The van der Waals surface area contributed by atoms with E-state index in [9.17, 15) is 0 Å². The molecule has 114 valence electrons. The average Bonchev–Trinajstić information content (AvgIpc) is 2.95. The lowest BCUT2D eigenvalue weighted by Gasteiger charge is -2.13. The van der Waals surface area contributed by atoms with Crippen LogP contribution >= 0.6 is 0 Å². The zero-order valence-electron chi connectivity index (χ0n) is 12.7. The molecule has 0 aliphatic carbocycles. The molecule has 1 N–H and O–H groups in total. The van der Waals surface area contributed by atoms with Gasteiger partial charge >= 0.3 is 0 Å². The summed E-state index contributed by atoms with van der Waals surface area (Å²) in [6, 6.07) is 5.65. The van der Waals surface area contributed by atoms with Gasteiger partial charge in [-0.1, -0.05) is 6.92 Å². The zero-order valence-corrected chi connectivity index (χ0v) is 12.7. The highest BCUT2D eigenvalue weighted by atomic mass is 16.5. The molecule has 0 saturated carbocycles. The molecule has 0 bridgehead atoms. The van der Waals surface area contributed by atoms with E-state index in [0.29, 0.717) is 19.8 Å². The molecule has 0 spiro atoms. The quantitative estimate of drug-likeness (QED) is 0.796. The van der Waals surface area contributed by atoms with Crippen molar-refractivity contribution in [3.8, 4) is 17.2 Å². The van der Waals surface area contributed by atoms with E-state index in [1.54, 1.807) is 4.68 Å². The number of rotatable bonds is 8. The minimum atomic E-state index is 0.575. The molecule has 0 radical (unpaired) electrons. The van der Waals surface area contributed by atoms with E-state index in [4.69, 9.17) is 9.47 Å². The Bertz CT molecular complexity index is 570. The van der Waals surface area contributed by atoms with Crippen LogP contribution in [0.5, 0.6) is 11.5 Å². The van der Waals surface area contributed by atoms with Crippen LogP contribution in [0.25, 0.3) is 5.69 Å². The number of tetrazole rings is 1. The largest absolute Gasteiger partial charge is 0.494 e. The first kappa shape index (κ1) is 15.2. The Balaban J connectivity index is 2.39. The summed E-state index contributed by atoms with van der Waals surface area (Å²) in [7, 11) is 0. The Morgan fingerprint density at radius 2 is 1.95 bits per heavy atom. The highest BCUT2D eigenvalue weighted by Crippen LogP contribution is 2.28. The van der Waals surface area contributed by atoms with Gasteiger partial charge in [0.2, 0.25) is 0 Å². The fourth-order valence-electron chi connectivity index (χ4n) is 1.94. The molecular formula is C14H21N5O2. The van der Waals surface area contributed by atoms with Gasteiger partial charge in [-0.2, -0.15) is 4.68 Å². The smallest absolute Gasteiger partial charge is 0.170 e. The van der Waals surface area contributed by atoms with E-state index in [-0.39, 0.29) is 0 Å². The predicted octanol–water partition coefficient (Wildman–Crippen LogP) is 1.57. The highest BCUT2D eigenvalue weighted by Gasteiger charge is 2.14. The summed E-state index contributed by atoms with van der Waals surface area (Å²) in [5, 5.41) is 15.1. The molecule has 1 aromatic carbocycles. The van der Waals surface area contributed by atoms with Crippen LogP contribution in [0.1, 0.15) is 26.6 Å². The third-order valence-electron chi connectivity index (χ3n) is 2.84. The summed E-state index contributed by atoms with van der Waals surface area (Å²) in [4.78, 5) is 0. The molecule has 2 rings (SSSR count). The maximum atomic E-state index is 5.66. The van der Waals surface area contributed by atoms with Crippen LogP contribution in [0.3, 0.4) is 0 Å². The van der Waals surface area contributed by atoms with Crippen LogP contribution in [0, 0.1) is 0 Å². The van der Waals surface area contributed by atoms with Gasteiger partial charge in [0.15, 0.2) is 5.82 Å². The lowest BCUT2D eigenvalue weighted by molar-refractivity contribution is 0.328. The minimum Gasteiger partial charge on any atom is -0.494 e. The topological polar surface area (TPSA) is 74.1 Å². The van der Waals surface area contributed by atoms with Crippen LogP contribution in [-0.2, 0) is 6.54 Å². The number of nitrogens with zero attached hydrogens (tertiary/aromatic N) is 4. The van der Waals surface area contributed by atoms with Crippen LogP contribution in [-0.4, -0.2) is 40.0 Å². The zero-order chi connectivity index (χ0) is 15.1. The van der Waals surface area contributed by atoms with Crippen molar-refractivity contribution in [1.29, 1.82) is 0 Å². The Kier molecular flexibility index (Phi) is 5.51.